The molecule has 0 aromatic carbocycles. The SMILES string of the molecule is Cn1cnnc1[C@@H]1CCCN(C(=O)NCCc2cccs2)C1. The largest absolute Gasteiger partial charge is 0.338 e. The molecule has 1 aliphatic rings. The summed E-state index contributed by atoms with van der Waals surface area (Å²) in [5, 5.41) is 13.2. The van der Waals surface area contributed by atoms with Crippen LogP contribution in [-0.2, 0) is 13.5 Å². The van der Waals surface area contributed by atoms with Gasteiger partial charge in [-0.15, -0.1) is 21.5 Å². The van der Waals surface area contributed by atoms with E-state index in [9.17, 15) is 4.79 Å². The Balaban J connectivity index is 1.51. The average molecular weight is 319 g/mol. The van der Waals surface area contributed by atoms with Gasteiger partial charge >= 0.3 is 6.03 Å². The number of hydrogen-bond acceptors (Lipinski definition) is 4. The molecule has 2 aromatic heterocycles. The van der Waals surface area contributed by atoms with Gasteiger partial charge in [0, 0.05) is 37.5 Å². The number of carbonyl (C=O) groups is 1. The molecule has 2 amide bonds. The summed E-state index contributed by atoms with van der Waals surface area (Å²) >= 11 is 1.73. The van der Waals surface area contributed by atoms with Crippen LogP contribution in [-0.4, -0.2) is 45.3 Å². The summed E-state index contributed by atoms with van der Waals surface area (Å²) in [5.74, 6) is 1.25. The number of aromatic nitrogens is 3. The number of piperidine rings is 1. The summed E-state index contributed by atoms with van der Waals surface area (Å²) in [6, 6.07) is 4.17. The lowest BCUT2D eigenvalue weighted by atomic mass is 9.97. The van der Waals surface area contributed by atoms with Crippen LogP contribution in [0.15, 0.2) is 23.8 Å². The van der Waals surface area contributed by atoms with Gasteiger partial charge in [0.05, 0.1) is 0 Å². The maximum Gasteiger partial charge on any atom is 0.317 e. The average Bonchev–Trinajstić information content (AvgIpc) is 3.19. The monoisotopic (exact) mass is 319 g/mol. The number of likely N-dealkylation sites (tertiary alicyclic amines) is 1. The van der Waals surface area contributed by atoms with Crippen LogP contribution < -0.4 is 5.32 Å². The topological polar surface area (TPSA) is 63.1 Å². The zero-order valence-corrected chi connectivity index (χ0v) is 13.6. The molecule has 0 aliphatic carbocycles. The molecule has 1 fully saturated rings. The van der Waals surface area contributed by atoms with E-state index < -0.39 is 0 Å². The van der Waals surface area contributed by atoms with Crippen molar-refractivity contribution >= 4 is 17.4 Å². The molecule has 1 atom stereocenters. The molecule has 118 valence electrons. The van der Waals surface area contributed by atoms with E-state index in [0.717, 1.165) is 38.2 Å². The molecule has 3 rings (SSSR count). The fourth-order valence-corrected chi connectivity index (χ4v) is 3.60. The maximum absolute atomic E-state index is 12.3. The first kappa shape index (κ1) is 15.0. The van der Waals surface area contributed by atoms with E-state index in [4.69, 9.17) is 0 Å². The number of aryl methyl sites for hydroxylation is 1. The van der Waals surface area contributed by atoms with Crippen molar-refractivity contribution in [2.24, 2.45) is 7.05 Å². The first-order valence-electron chi connectivity index (χ1n) is 7.63. The summed E-state index contributed by atoms with van der Waals surface area (Å²) in [6.07, 6.45) is 4.68. The van der Waals surface area contributed by atoms with Crippen LogP contribution in [0.2, 0.25) is 0 Å². The maximum atomic E-state index is 12.3. The normalized spacial score (nSPS) is 18.4. The Kier molecular flexibility index (Phi) is 4.72. The van der Waals surface area contributed by atoms with Crippen molar-refractivity contribution in [2.75, 3.05) is 19.6 Å². The van der Waals surface area contributed by atoms with Crippen LogP contribution in [0.5, 0.6) is 0 Å². The van der Waals surface area contributed by atoms with Crippen molar-refractivity contribution < 1.29 is 4.79 Å². The molecule has 0 saturated carbocycles. The van der Waals surface area contributed by atoms with Crippen LogP contribution in [0.1, 0.15) is 29.5 Å². The molecule has 7 heteroatoms. The lowest BCUT2D eigenvalue weighted by Gasteiger charge is -2.32. The van der Waals surface area contributed by atoms with Gasteiger partial charge in [0.1, 0.15) is 12.2 Å². The van der Waals surface area contributed by atoms with Gasteiger partial charge < -0.3 is 14.8 Å². The molecular formula is C15H21N5OS. The van der Waals surface area contributed by atoms with E-state index in [1.807, 2.05) is 22.6 Å². The van der Waals surface area contributed by atoms with Gasteiger partial charge in [-0.2, -0.15) is 0 Å². The minimum absolute atomic E-state index is 0.0309. The third kappa shape index (κ3) is 3.47. The van der Waals surface area contributed by atoms with Crippen molar-refractivity contribution in [2.45, 2.75) is 25.2 Å². The standard InChI is InChI=1S/C15H21N5OS/c1-19-11-17-18-14(19)12-4-2-8-20(10-12)15(21)16-7-6-13-5-3-9-22-13/h3,5,9,11-12H,2,4,6-8,10H2,1H3,(H,16,21)/t12-/m1/s1. The molecule has 1 saturated heterocycles. The highest BCUT2D eigenvalue weighted by Gasteiger charge is 2.27. The Morgan fingerprint density at radius 2 is 2.45 bits per heavy atom. The molecular weight excluding hydrogens is 298 g/mol. The summed E-state index contributed by atoms with van der Waals surface area (Å²) in [5.41, 5.74) is 0. The van der Waals surface area contributed by atoms with Crippen molar-refractivity contribution in [1.82, 2.24) is 25.0 Å². The quantitative estimate of drug-likeness (QED) is 0.937. The Bertz CT molecular complexity index is 609. The number of rotatable bonds is 4. The van der Waals surface area contributed by atoms with Crippen LogP contribution in [0.3, 0.4) is 0 Å². The first-order valence-corrected chi connectivity index (χ1v) is 8.51. The molecule has 0 radical (unpaired) electrons. The minimum atomic E-state index is 0.0309. The highest BCUT2D eigenvalue weighted by atomic mass is 32.1. The molecule has 0 spiro atoms. The van der Waals surface area contributed by atoms with Gasteiger partial charge in [0.25, 0.3) is 0 Å². The van der Waals surface area contributed by atoms with Crippen LogP contribution in [0.25, 0.3) is 0 Å². The van der Waals surface area contributed by atoms with Crippen molar-refractivity contribution in [3.8, 4) is 0 Å². The first-order chi connectivity index (χ1) is 10.7. The third-order valence-corrected chi connectivity index (χ3v) is 4.98. The summed E-state index contributed by atoms with van der Waals surface area (Å²) in [4.78, 5) is 15.5. The van der Waals surface area contributed by atoms with E-state index in [2.05, 4.69) is 27.0 Å². The van der Waals surface area contributed by atoms with Gasteiger partial charge in [-0.3, -0.25) is 0 Å². The number of thiophene rings is 1. The second-order valence-corrected chi connectivity index (χ2v) is 6.68. The van der Waals surface area contributed by atoms with E-state index in [-0.39, 0.29) is 11.9 Å². The lowest BCUT2D eigenvalue weighted by Crippen LogP contribution is -2.45. The molecule has 1 aliphatic heterocycles. The Morgan fingerprint density at radius 1 is 1.55 bits per heavy atom. The number of urea groups is 1. The number of nitrogens with one attached hydrogen (secondary N) is 1. The molecule has 1 N–H and O–H groups in total. The minimum Gasteiger partial charge on any atom is -0.338 e. The van der Waals surface area contributed by atoms with Gasteiger partial charge in [-0.05, 0) is 30.7 Å². The number of amides is 2. The number of carbonyl (C=O) groups excluding carboxylic acids is 1. The van der Waals surface area contributed by atoms with Crippen LogP contribution in [0, 0.1) is 0 Å². The summed E-state index contributed by atoms with van der Waals surface area (Å²) < 4.78 is 1.95. The zero-order chi connectivity index (χ0) is 15.4. The van der Waals surface area contributed by atoms with E-state index in [0.29, 0.717) is 6.54 Å². The second-order valence-electron chi connectivity index (χ2n) is 5.65. The van der Waals surface area contributed by atoms with E-state index >= 15 is 0 Å². The zero-order valence-electron chi connectivity index (χ0n) is 12.7. The Morgan fingerprint density at radius 3 is 3.18 bits per heavy atom. The molecule has 2 aromatic rings. The smallest absolute Gasteiger partial charge is 0.317 e. The summed E-state index contributed by atoms with van der Waals surface area (Å²) in [7, 11) is 1.95. The van der Waals surface area contributed by atoms with Gasteiger partial charge in [0.2, 0.25) is 0 Å². The molecule has 6 nitrogen and oxygen atoms in total. The second kappa shape index (κ2) is 6.91. The van der Waals surface area contributed by atoms with Crippen LogP contribution in [0.4, 0.5) is 4.79 Å². The number of nitrogens with zero attached hydrogens (tertiary/aromatic N) is 4. The molecule has 3 heterocycles. The lowest BCUT2D eigenvalue weighted by molar-refractivity contribution is 0.178. The fourth-order valence-electron chi connectivity index (χ4n) is 2.89. The van der Waals surface area contributed by atoms with Gasteiger partial charge in [-0.1, -0.05) is 6.07 Å². The highest BCUT2D eigenvalue weighted by molar-refractivity contribution is 7.09. The summed E-state index contributed by atoms with van der Waals surface area (Å²) in [6.45, 7) is 2.22. The Hall–Kier alpha value is -1.89. The van der Waals surface area contributed by atoms with E-state index in [1.165, 1.54) is 4.88 Å². The highest BCUT2D eigenvalue weighted by Crippen LogP contribution is 2.24. The predicted molar refractivity (Wildman–Crippen MR) is 86.0 cm³/mol. The molecule has 0 unspecified atom stereocenters. The van der Waals surface area contributed by atoms with Crippen molar-refractivity contribution in [1.29, 1.82) is 0 Å². The van der Waals surface area contributed by atoms with Crippen molar-refractivity contribution in [3.63, 3.8) is 0 Å². The number of hydrogen-bond donors (Lipinski definition) is 1. The van der Waals surface area contributed by atoms with Crippen molar-refractivity contribution in [3.05, 3.63) is 34.5 Å². The van der Waals surface area contributed by atoms with Gasteiger partial charge in [0.15, 0.2) is 0 Å². The van der Waals surface area contributed by atoms with E-state index in [1.54, 1.807) is 17.7 Å². The third-order valence-electron chi connectivity index (χ3n) is 4.05. The Labute approximate surface area is 134 Å². The van der Waals surface area contributed by atoms with Gasteiger partial charge in [-0.25, -0.2) is 4.79 Å². The molecule has 22 heavy (non-hydrogen) atoms. The molecule has 0 bridgehead atoms. The fraction of sp³-hybridized carbons (Fsp3) is 0.533. The van der Waals surface area contributed by atoms with Crippen LogP contribution >= 0.6 is 11.3 Å². The predicted octanol–water partition coefficient (Wildman–Crippen LogP) is 2.01.